The van der Waals surface area contributed by atoms with Crippen molar-refractivity contribution in [3.63, 3.8) is 0 Å². The number of aryl methyl sites for hydroxylation is 1. The highest BCUT2D eigenvalue weighted by Crippen LogP contribution is 2.22. The third-order valence-corrected chi connectivity index (χ3v) is 6.02. The highest BCUT2D eigenvalue weighted by atomic mass is 16.1. The molecule has 1 atom stereocenters. The molecule has 7 nitrogen and oxygen atoms in total. The highest BCUT2D eigenvalue weighted by molar-refractivity contribution is 5.82. The lowest BCUT2D eigenvalue weighted by Gasteiger charge is -2.33. The van der Waals surface area contributed by atoms with Crippen molar-refractivity contribution in [3.8, 4) is 0 Å². The molecule has 0 saturated carbocycles. The first-order chi connectivity index (χ1) is 13.5. The number of aromatic nitrogens is 5. The van der Waals surface area contributed by atoms with E-state index in [1.165, 1.54) is 4.90 Å². The van der Waals surface area contributed by atoms with Crippen LogP contribution in [0, 0.1) is 12.8 Å². The Labute approximate surface area is 164 Å². The smallest absolute Gasteiger partial charge is 0.258 e. The number of fused-ring (bicyclic) bond motifs is 1. The monoisotopic (exact) mass is 381 g/mol. The number of para-hydroxylation sites is 1. The number of benzene rings is 1. The summed E-state index contributed by atoms with van der Waals surface area (Å²) in [6, 6.07) is 8.11. The van der Waals surface area contributed by atoms with Crippen molar-refractivity contribution in [2.24, 2.45) is 5.92 Å². The minimum atomic E-state index is -0.168. The van der Waals surface area contributed by atoms with Gasteiger partial charge in [0.2, 0.25) is 5.82 Å². The van der Waals surface area contributed by atoms with E-state index in [-0.39, 0.29) is 17.6 Å². The SMILES string of the molecule is Cc1cccc2cc([C@@H](c3nnnn3C(C)C)[NH+]3CCC(C)CC3)c(=O)[nH]c12. The number of tetrazole rings is 1. The number of H-pyrrole nitrogens is 1. The Hall–Kier alpha value is -2.54. The van der Waals surface area contributed by atoms with Crippen LogP contribution >= 0.6 is 0 Å². The normalized spacial score (nSPS) is 21.3. The van der Waals surface area contributed by atoms with Gasteiger partial charge in [0.15, 0.2) is 6.04 Å². The van der Waals surface area contributed by atoms with Crippen LogP contribution in [0.25, 0.3) is 10.9 Å². The van der Waals surface area contributed by atoms with Crippen molar-refractivity contribution < 1.29 is 4.90 Å². The van der Waals surface area contributed by atoms with Crippen molar-refractivity contribution in [1.82, 2.24) is 25.2 Å². The molecular weight excluding hydrogens is 352 g/mol. The van der Waals surface area contributed by atoms with Gasteiger partial charge in [0, 0.05) is 0 Å². The molecule has 0 amide bonds. The average Bonchev–Trinajstić information content (AvgIpc) is 3.14. The zero-order valence-electron chi connectivity index (χ0n) is 17.1. The van der Waals surface area contributed by atoms with Gasteiger partial charge in [0.1, 0.15) is 0 Å². The molecule has 0 bridgehead atoms. The molecule has 0 aliphatic carbocycles. The summed E-state index contributed by atoms with van der Waals surface area (Å²) in [7, 11) is 0. The largest absolute Gasteiger partial charge is 0.322 e. The number of nitrogens with zero attached hydrogens (tertiary/aromatic N) is 4. The summed E-state index contributed by atoms with van der Waals surface area (Å²) < 4.78 is 1.86. The first-order valence-electron chi connectivity index (χ1n) is 10.2. The number of likely N-dealkylation sites (tertiary alicyclic amines) is 1. The molecule has 1 saturated heterocycles. The van der Waals surface area contributed by atoms with Gasteiger partial charge < -0.3 is 9.88 Å². The van der Waals surface area contributed by atoms with Crippen LogP contribution in [0.5, 0.6) is 0 Å². The van der Waals surface area contributed by atoms with E-state index in [1.807, 2.05) is 29.8 Å². The Morgan fingerprint density at radius 3 is 2.71 bits per heavy atom. The lowest BCUT2D eigenvalue weighted by molar-refractivity contribution is -0.932. The van der Waals surface area contributed by atoms with Crippen molar-refractivity contribution in [2.45, 2.75) is 52.6 Å². The quantitative estimate of drug-likeness (QED) is 0.722. The predicted molar refractivity (Wildman–Crippen MR) is 108 cm³/mol. The summed E-state index contributed by atoms with van der Waals surface area (Å²) in [5.74, 6) is 1.50. The first kappa shape index (κ1) is 18.8. The fourth-order valence-electron chi connectivity index (χ4n) is 4.34. The molecule has 0 spiro atoms. The third kappa shape index (κ3) is 3.35. The third-order valence-electron chi connectivity index (χ3n) is 6.02. The number of quaternary nitrogens is 1. The lowest BCUT2D eigenvalue weighted by atomic mass is 9.95. The fourth-order valence-corrected chi connectivity index (χ4v) is 4.34. The van der Waals surface area contributed by atoms with Gasteiger partial charge in [-0.3, -0.25) is 4.79 Å². The van der Waals surface area contributed by atoms with Gasteiger partial charge in [-0.2, -0.15) is 0 Å². The number of aromatic amines is 1. The molecule has 1 aromatic carbocycles. The molecule has 4 rings (SSSR count). The van der Waals surface area contributed by atoms with Crippen LogP contribution in [0.4, 0.5) is 0 Å². The minimum Gasteiger partial charge on any atom is -0.322 e. The number of hydrogen-bond acceptors (Lipinski definition) is 4. The van der Waals surface area contributed by atoms with Crippen LogP contribution < -0.4 is 10.5 Å². The molecule has 3 heterocycles. The van der Waals surface area contributed by atoms with Gasteiger partial charge in [-0.1, -0.05) is 25.1 Å². The van der Waals surface area contributed by atoms with Crippen molar-refractivity contribution >= 4 is 10.9 Å². The Balaban J connectivity index is 1.88. The zero-order chi connectivity index (χ0) is 19.8. The lowest BCUT2D eigenvalue weighted by Crippen LogP contribution is -3.13. The van der Waals surface area contributed by atoms with E-state index in [9.17, 15) is 4.79 Å². The van der Waals surface area contributed by atoms with E-state index in [1.54, 1.807) is 0 Å². The van der Waals surface area contributed by atoms with E-state index in [0.29, 0.717) is 0 Å². The van der Waals surface area contributed by atoms with Gasteiger partial charge in [-0.15, -0.1) is 5.10 Å². The molecule has 0 unspecified atom stereocenters. The van der Waals surface area contributed by atoms with Crippen molar-refractivity contribution in [1.29, 1.82) is 0 Å². The fraction of sp³-hybridized carbons (Fsp3) is 0.524. The van der Waals surface area contributed by atoms with Crippen LogP contribution in [0.3, 0.4) is 0 Å². The van der Waals surface area contributed by atoms with Gasteiger partial charge in [0.25, 0.3) is 5.56 Å². The second kappa shape index (κ2) is 7.47. The summed E-state index contributed by atoms with van der Waals surface area (Å²) in [6.45, 7) is 10.5. The van der Waals surface area contributed by atoms with E-state index in [4.69, 9.17) is 0 Å². The average molecular weight is 382 g/mol. The maximum Gasteiger partial charge on any atom is 0.258 e. The van der Waals surface area contributed by atoms with Gasteiger partial charge in [-0.05, 0) is 67.0 Å². The molecule has 28 heavy (non-hydrogen) atoms. The zero-order valence-corrected chi connectivity index (χ0v) is 17.1. The molecule has 2 aromatic heterocycles. The summed E-state index contributed by atoms with van der Waals surface area (Å²) >= 11 is 0. The Morgan fingerprint density at radius 2 is 2.00 bits per heavy atom. The van der Waals surface area contributed by atoms with Crippen LogP contribution in [-0.2, 0) is 0 Å². The second-order valence-corrected chi connectivity index (χ2v) is 8.44. The molecule has 3 aromatic rings. The molecule has 148 valence electrons. The molecule has 1 aliphatic heterocycles. The highest BCUT2D eigenvalue weighted by Gasteiger charge is 2.36. The summed E-state index contributed by atoms with van der Waals surface area (Å²) in [5, 5.41) is 13.6. The van der Waals surface area contributed by atoms with E-state index < -0.39 is 0 Å². The minimum absolute atomic E-state index is 0.0452. The molecule has 0 radical (unpaired) electrons. The topological polar surface area (TPSA) is 80.9 Å². The van der Waals surface area contributed by atoms with Gasteiger partial charge >= 0.3 is 0 Å². The molecule has 2 N–H and O–H groups in total. The second-order valence-electron chi connectivity index (χ2n) is 8.44. The first-order valence-corrected chi connectivity index (χ1v) is 10.2. The summed E-state index contributed by atoms with van der Waals surface area (Å²) in [4.78, 5) is 17.7. The number of nitrogens with one attached hydrogen (secondary N) is 2. The maximum atomic E-state index is 13.2. The van der Waals surface area contributed by atoms with E-state index in [2.05, 4.69) is 47.3 Å². The molecule has 1 fully saturated rings. The molecule has 7 heteroatoms. The predicted octanol–water partition coefficient (Wildman–Crippen LogP) is 1.81. The number of piperidine rings is 1. The summed E-state index contributed by atoms with van der Waals surface area (Å²) in [5.41, 5.74) is 2.68. The van der Waals surface area contributed by atoms with Crippen LogP contribution in [0.15, 0.2) is 29.1 Å². The number of pyridine rings is 1. The Kier molecular flexibility index (Phi) is 5.02. The van der Waals surface area contributed by atoms with Crippen molar-refractivity contribution in [3.05, 3.63) is 51.6 Å². The van der Waals surface area contributed by atoms with E-state index >= 15 is 0 Å². The van der Waals surface area contributed by atoms with Crippen LogP contribution in [-0.4, -0.2) is 38.3 Å². The standard InChI is InChI=1S/C21H28N6O/c1-13(2)27-20(23-24-25-27)19(26-10-8-14(3)9-11-26)17-12-16-7-5-6-15(4)18(16)22-21(17)28/h5-7,12-14,19H,8-11H2,1-4H3,(H,22,28)/p+1/t19-/m0/s1. The number of hydrogen-bond donors (Lipinski definition) is 2. The van der Waals surface area contributed by atoms with Crippen LogP contribution in [0.1, 0.15) is 62.6 Å². The van der Waals surface area contributed by atoms with Gasteiger partial charge in [-0.25, -0.2) is 4.68 Å². The maximum absolute atomic E-state index is 13.2. The molecule has 1 aliphatic rings. The number of rotatable bonds is 4. The van der Waals surface area contributed by atoms with Gasteiger partial charge in [0.05, 0.1) is 30.2 Å². The Morgan fingerprint density at radius 1 is 1.25 bits per heavy atom. The van der Waals surface area contributed by atoms with Crippen molar-refractivity contribution in [2.75, 3.05) is 13.1 Å². The molecular formula is C21H29N6O+. The van der Waals surface area contributed by atoms with E-state index in [0.717, 1.165) is 59.7 Å². The Bertz CT molecular complexity index is 1030. The summed E-state index contributed by atoms with van der Waals surface area (Å²) in [6.07, 6.45) is 2.30. The van der Waals surface area contributed by atoms with Crippen LogP contribution in [0.2, 0.25) is 0 Å².